The van der Waals surface area contributed by atoms with Crippen LogP contribution in [0.3, 0.4) is 0 Å². The molecule has 0 nitrogen and oxygen atoms in total. The molecule has 0 aliphatic rings. The maximum absolute atomic E-state index is 5.44. The smallest absolute Gasteiger partial charge is 0.0309 e. The summed E-state index contributed by atoms with van der Waals surface area (Å²) in [5.74, 6) is 2.82. The van der Waals surface area contributed by atoms with Gasteiger partial charge in [-0.25, -0.2) is 0 Å². The molecule has 4 aromatic rings. The SMILES string of the molecule is C#CC(C)(C)C(C)(C)CC=C.CC.Cc1ccc2ccc3cccc4ccc1c2c34.[CH2]CC. The van der Waals surface area contributed by atoms with Gasteiger partial charge in [0.25, 0.3) is 0 Å². The van der Waals surface area contributed by atoms with Crippen molar-refractivity contribution in [1.29, 1.82) is 0 Å². The molecular weight excluding hydrogens is 396 g/mol. The van der Waals surface area contributed by atoms with E-state index in [9.17, 15) is 0 Å². The van der Waals surface area contributed by atoms with Crippen LogP contribution in [0.1, 0.15) is 66.9 Å². The quantitative estimate of drug-likeness (QED) is 0.169. The summed E-state index contributed by atoms with van der Waals surface area (Å²) in [6.45, 7) is 23.9. The molecule has 0 aliphatic carbocycles. The zero-order chi connectivity index (χ0) is 25.2. The topological polar surface area (TPSA) is 0 Å². The van der Waals surface area contributed by atoms with Gasteiger partial charge in [-0.05, 0) is 70.5 Å². The van der Waals surface area contributed by atoms with Gasteiger partial charge >= 0.3 is 0 Å². The zero-order valence-electron chi connectivity index (χ0n) is 22.2. The van der Waals surface area contributed by atoms with Crippen LogP contribution < -0.4 is 0 Å². The van der Waals surface area contributed by atoms with Crippen LogP contribution >= 0.6 is 0 Å². The summed E-state index contributed by atoms with van der Waals surface area (Å²) in [5, 5.41) is 8.23. The second-order valence-corrected chi connectivity index (χ2v) is 9.38. The molecule has 0 fully saturated rings. The molecule has 0 heteroatoms. The van der Waals surface area contributed by atoms with Crippen molar-refractivity contribution in [3.05, 3.63) is 79.7 Å². The van der Waals surface area contributed by atoms with Gasteiger partial charge < -0.3 is 0 Å². The van der Waals surface area contributed by atoms with E-state index in [1.165, 1.54) is 37.9 Å². The van der Waals surface area contributed by atoms with Gasteiger partial charge in [-0.1, -0.05) is 115 Å². The van der Waals surface area contributed by atoms with Crippen LogP contribution in [0.2, 0.25) is 0 Å². The molecule has 1 radical (unpaired) electrons. The van der Waals surface area contributed by atoms with Gasteiger partial charge in [0.2, 0.25) is 0 Å². The molecule has 0 aliphatic heterocycles. The van der Waals surface area contributed by atoms with Crippen molar-refractivity contribution < 1.29 is 0 Å². The normalized spacial score (nSPS) is 10.9. The molecule has 0 bridgehead atoms. The van der Waals surface area contributed by atoms with Crippen LogP contribution in [0.15, 0.2) is 67.3 Å². The second kappa shape index (κ2) is 12.5. The van der Waals surface area contributed by atoms with Gasteiger partial charge in [0.15, 0.2) is 0 Å². The minimum atomic E-state index is -0.0544. The number of allylic oxidation sites excluding steroid dienone is 1. The molecule has 0 saturated carbocycles. The van der Waals surface area contributed by atoms with Crippen LogP contribution in [0, 0.1) is 37.0 Å². The Bertz CT molecular complexity index is 1170. The highest BCUT2D eigenvalue weighted by Crippen LogP contribution is 2.40. The summed E-state index contributed by atoms with van der Waals surface area (Å²) in [4.78, 5) is 0. The minimum Gasteiger partial charge on any atom is -0.120 e. The van der Waals surface area contributed by atoms with E-state index >= 15 is 0 Å². The number of rotatable bonds is 3. The number of aryl methyl sites for hydroxylation is 1. The lowest BCUT2D eigenvalue weighted by Crippen LogP contribution is -2.30. The molecule has 33 heavy (non-hydrogen) atoms. The fourth-order valence-electron chi connectivity index (χ4n) is 3.69. The molecule has 0 saturated heterocycles. The predicted molar refractivity (Wildman–Crippen MR) is 153 cm³/mol. The van der Waals surface area contributed by atoms with Crippen molar-refractivity contribution in [2.45, 2.75) is 68.2 Å². The molecule has 0 aromatic heterocycles. The molecule has 175 valence electrons. The van der Waals surface area contributed by atoms with Crippen LogP contribution in [0.5, 0.6) is 0 Å². The lowest BCUT2D eigenvalue weighted by molar-refractivity contribution is 0.181. The highest BCUT2D eigenvalue weighted by Gasteiger charge is 2.33. The summed E-state index contributed by atoms with van der Waals surface area (Å²) < 4.78 is 0. The van der Waals surface area contributed by atoms with Crippen LogP contribution in [0.25, 0.3) is 32.3 Å². The van der Waals surface area contributed by atoms with Gasteiger partial charge in [0.05, 0.1) is 0 Å². The van der Waals surface area contributed by atoms with Crippen molar-refractivity contribution in [2.24, 2.45) is 10.8 Å². The Labute approximate surface area is 203 Å². The molecular formula is C33H43. The van der Waals surface area contributed by atoms with Gasteiger partial charge in [-0.3, -0.25) is 0 Å². The van der Waals surface area contributed by atoms with Crippen LogP contribution in [-0.4, -0.2) is 0 Å². The van der Waals surface area contributed by atoms with E-state index < -0.39 is 0 Å². The maximum Gasteiger partial charge on any atom is 0.0309 e. The molecule has 0 heterocycles. The largest absolute Gasteiger partial charge is 0.120 e. The third-order valence-corrected chi connectivity index (χ3v) is 6.45. The Morgan fingerprint density at radius 1 is 0.848 bits per heavy atom. The van der Waals surface area contributed by atoms with E-state index in [0.29, 0.717) is 0 Å². The molecule has 0 spiro atoms. The average Bonchev–Trinajstić information content (AvgIpc) is 2.81. The third-order valence-electron chi connectivity index (χ3n) is 6.45. The van der Waals surface area contributed by atoms with E-state index in [1.54, 1.807) is 0 Å². The highest BCUT2D eigenvalue weighted by molar-refractivity contribution is 6.23. The summed E-state index contributed by atoms with van der Waals surface area (Å²) >= 11 is 0. The summed E-state index contributed by atoms with van der Waals surface area (Å²) in [6, 6.07) is 19.9. The molecule has 4 rings (SSSR count). The number of hydrogen-bond donors (Lipinski definition) is 0. The number of terminal acetylenes is 1. The van der Waals surface area contributed by atoms with Crippen molar-refractivity contribution in [2.75, 3.05) is 0 Å². The lowest BCUT2D eigenvalue weighted by atomic mass is 9.67. The van der Waals surface area contributed by atoms with Crippen LogP contribution in [0.4, 0.5) is 0 Å². The second-order valence-electron chi connectivity index (χ2n) is 9.38. The standard InChI is InChI=1S/C17H12.C11H18.C3H7.C2H6/c1-11-5-6-14-8-7-12-3-2-4-13-9-10-15(11)17(14)16(12)13;1-7-9-11(5,6)10(3,4)8-2;1-3-2;1-2/h2-10H,1H3;2,7H,1,9H2,3-6H3;1,3H2,2H3;1-2H3. The van der Waals surface area contributed by atoms with Gasteiger partial charge in [0.1, 0.15) is 0 Å². The van der Waals surface area contributed by atoms with Crippen molar-refractivity contribution >= 4 is 32.3 Å². The Morgan fingerprint density at radius 2 is 1.30 bits per heavy atom. The predicted octanol–water partition coefficient (Wildman–Crippen LogP) is 10.4. The molecule has 0 atom stereocenters. The lowest BCUT2D eigenvalue weighted by Gasteiger charge is -2.36. The Hall–Kier alpha value is -2.78. The molecule has 0 N–H and O–H groups in total. The first kappa shape index (κ1) is 28.3. The highest BCUT2D eigenvalue weighted by atomic mass is 14.4. The van der Waals surface area contributed by atoms with Gasteiger partial charge in [-0.15, -0.1) is 13.0 Å². The summed E-state index contributed by atoms with van der Waals surface area (Å²) in [7, 11) is 0. The Morgan fingerprint density at radius 3 is 1.79 bits per heavy atom. The van der Waals surface area contributed by atoms with Crippen molar-refractivity contribution in [3.63, 3.8) is 0 Å². The maximum atomic E-state index is 5.44. The van der Waals surface area contributed by atoms with E-state index in [0.717, 1.165) is 12.8 Å². The van der Waals surface area contributed by atoms with Gasteiger partial charge in [-0.2, -0.15) is 0 Å². The number of hydrogen-bond acceptors (Lipinski definition) is 0. The van der Waals surface area contributed by atoms with Crippen molar-refractivity contribution in [3.8, 4) is 12.3 Å². The van der Waals surface area contributed by atoms with Gasteiger partial charge in [0, 0.05) is 5.41 Å². The third kappa shape index (κ3) is 6.39. The Balaban J connectivity index is 0.000000298. The van der Waals surface area contributed by atoms with Crippen molar-refractivity contribution in [1.82, 2.24) is 0 Å². The van der Waals surface area contributed by atoms with E-state index in [1.807, 2.05) is 26.8 Å². The zero-order valence-corrected chi connectivity index (χ0v) is 22.2. The first-order valence-electron chi connectivity index (χ1n) is 12.1. The number of benzene rings is 4. The monoisotopic (exact) mass is 439 g/mol. The van der Waals surface area contributed by atoms with E-state index in [4.69, 9.17) is 6.42 Å². The summed E-state index contributed by atoms with van der Waals surface area (Å²) in [6.07, 6.45) is 9.33. The fourth-order valence-corrected chi connectivity index (χ4v) is 3.69. The first-order chi connectivity index (χ1) is 15.6. The Kier molecular flexibility index (Phi) is 10.7. The first-order valence-corrected chi connectivity index (χ1v) is 12.1. The minimum absolute atomic E-state index is 0.0544. The van der Waals surface area contributed by atoms with E-state index in [2.05, 4.69) is 109 Å². The molecule has 4 aromatic carbocycles. The molecule has 0 unspecified atom stereocenters. The molecule has 0 amide bonds. The van der Waals surface area contributed by atoms with E-state index in [-0.39, 0.29) is 10.8 Å². The average molecular weight is 440 g/mol. The van der Waals surface area contributed by atoms with Crippen LogP contribution in [-0.2, 0) is 0 Å². The summed E-state index contributed by atoms with van der Waals surface area (Å²) in [5.41, 5.74) is 1.45. The fraction of sp³-hybridized carbons (Fsp3) is 0.364.